The lowest BCUT2D eigenvalue weighted by molar-refractivity contribution is -0.119. The third-order valence-corrected chi connectivity index (χ3v) is 1.59. The summed E-state index contributed by atoms with van der Waals surface area (Å²) in [6.07, 6.45) is 1.50. The van der Waals surface area contributed by atoms with Crippen molar-refractivity contribution in [1.82, 2.24) is 5.32 Å². The zero-order chi connectivity index (χ0) is 7.40. The molecule has 0 saturated carbocycles. The molecule has 54 valence electrons. The molecule has 10 heavy (non-hydrogen) atoms. The molecule has 0 aromatic carbocycles. The summed E-state index contributed by atoms with van der Waals surface area (Å²) in [7, 11) is 0. The number of nitrogens with one attached hydrogen (secondary N) is 1. The van der Waals surface area contributed by atoms with E-state index in [9.17, 15) is 4.79 Å². The minimum absolute atomic E-state index is 0.115. The van der Waals surface area contributed by atoms with Crippen LogP contribution in [0.5, 0.6) is 0 Å². The van der Waals surface area contributed by atoms with Gasteiger partial charge in [-0.05, 0) is 18.6 Å². The third kappa shape index (κ3) is 1.90. The van der Waals surface area contributed by atoms with Gasteiger partial charge in [-0.1, -0.05) is 0 Å². The van der Waals surface area contributed by atoms with Crippen molar-refractivity contribution in [2.45, 2.75) is 18.9 Å². The van der Waals surface area contributed by atoms with Gasteiger partial charge < -0.3 is 5.32 Å². The minimum atomic E-state index is 0.115. The molecule has 0 bridgehead atoms. The molecule has 1 saturated heterocycles. The molecule has 0 aliphatic carbocycles. The molecule has 1 aliphatic rings. The number of rotatable bonds is 2. The first kappa shape index (κ1) is 7.38. The van der Waals surface area contributed by atoms with E-state index in [2.05, 4.69) is 27.7 Å². The smallest absolute Gasteiger partial charge is 0.220 e. The van der Waals surface area contributed by atoms with Gasteiger partial charge in [0.25, 0.3) is 0 Å². The summed E-state index contributed by atoms with van der Waals surface area (Å²) in [5.41, 5.74) is 0. The fourth-order valence-corrected chi connectivity index (χ4v) is 1.04. The predicted molar refractivity (Wildman–Crippen MR) is 41.1 cm³/mol. The van der Waals surface area contributed by atoms with Crippen LogP contribution in [0.3, 0.4) is 0 Å². The van der Waals surface area contributed by atoms with E-state index in [0.29, 0.717) is 13.0 Å². The van der Waals surface area contributed by atoms with E-state index in [-0.39, 0.29) is 11.9 Å². The van der Waals surface area contributed by atoms with Gasteiger partial charge in [-0.25, -0.2) is 4.99 Å². The van der Waals surface area contributed by atoms with E-state index in [1.165, 1.54) is 0 Å². The van der Waals surface area contributed by atoms with Crippen LogP contribution in [0.15, 0.2) is 4.99 Å². The van der Waals surface area contributed by atoms with Gasteiger partial charge >= 0.3 is 0 Å². The Morgan fingerprint density at radius 3 is 3.20 bits per heavy atom. The number of hydrogen-bond acceptors (Lipinski definition) is 3. The molecule has 1 aliphatic heterocycles. The normalized spacial score (nSPS) is 23.6. The van der Waals surface area contributed by atoms with E-state index in [4.69, 9.17) is 0 Å². The van der Waals surface area contributed by atoms with Crippen molar-refractivity contribution in [3.05, 3.63) is 0 Å². The summed E-state index contributed by atoms with van der Waals surface area (Å²) in [6, 6.07) is 0.197. The molecular weight excluding hydrogens is 148 g/mol. The van der Waals surface area contributed by atoms with Crippen LogP contribution in [0, 0.1) is 0 Å². The van der Waals surface area contributed by atoms with Crippen molar-refractivity contribution in [3.63, 3.8) is 0 Å². The first-order chi connectivity index (χ1) is 4.83. The molecule has 0 spiro atoms. The number of thiocarbonyl (C=S) groups is 1. The molecule has 1 rings (SSSR count). The lowest BCUT2D eigenvalue weighted by atomic mass is 10.2. The van der Waals surface area contributed by atoms with E-state index in [1.54, 1.807) is 0 Å². The number of aliphatic imine (C=N–C) groups is 1. The first-order valence-electron chi connectivity index (χ1n) is 3.16. The first-order valence-corrected chi connectivity index (χ1v) is 3.57. The monoisotopic (exact) mass is 156 g/mol. The Balaban J connectivity index is 2.31. The Labute approximate surface area is 64.5 Å². The fraction of sp³-hybridized carbons (Fsp3) is 0.667. The van der Waals surface area contributed by atoms with Crippen LogP contribution in [0.1, 0.15) is 12.8 Å². The second-order valence-corrected chi connectivity index (χ2v) is 2.42. The number of carbonyl (C=O) groups excluding carboxylic acids is 1. The molecule has 1 atom stereocenters. The van der Waals surface area contributed by atoms with Crippen LogP contribution < -0.4 is 5.32 Å². The zero-order valence-corrected chi connectivity index (χ0v) is 6.28. The minimum Gasteiger partial charge on any atom is -0.351 e. The Bertz CT molecular complexity index is 186. The van der Waals surface area contributed by atoms with E-state index in [0.717, 1.165) is 6.42 Å². The molecule has 1 N–H and O–H groups in total. The van der Waals surface area contributed by atoms with Crippen LogP contribution in [-0.2, 0) is 4.79 Å². The van der Waals surface area contributed by atoms with E-state index >= 15 is 0 Å². The summed E-state index contributed by atoms with van der Waals surface area (Å²) < 4.78 is 0. The molecule has 1 amide bonds. The summed E-state index contributed by atoms with van der Waals surface area (Å²) >= 11 is 4.39. The highest BCUT2D eigenvalue weighted by atomic mass is 32.1. The summed E-state index contributed by atoms with van der Waals surface area (Å²) in [4.78, 5) is 14.4. The Morgan fingerprint density at radius 1 is 1.90 bits per heavy atom. The molecule has 0 aromatic rings. The molecular formula is C6H8N2OS. The SMILES string of the molecule is O=C1CCC(CN=C=S)N1. The second-order valence-electron chi connectivity index (χ2n) is 2.24. The molecule has 0 aromatic heterocycles. The van der Waals surface area contributed by atoms with Gasteiger partial charge in [0.1, 0.15) is 0 Å². The van der Waals surface area contributed by atoms with Crippen molar-refractivity contribution in [2.75, 3.05) is 6.54 Å². The van der Waals surface area contributed by atoms with Gasteiger partial charge in [0.05, 0.1) is 11.7 Å². The Kier molecular flexibility index (Phi) is 2.54. The molecule has 1 heterocycles. The second kappa shape index (κ2) is 3.44. The molecule has 1 unspecified atom stereocenters. The number of amides is 1. The van der Waals surface area contributed by atoms with Gasteiger partial charge in [0.15, 0.2) is 0 Å². The maximum absolute atomic E-state index is 10.6. The lowest BCUT2D eigenvalue weighted by Crippen LogP contribution is -2.27. The van der Waals surface area contributed by atoms with Crippen molar-refractivity contribution in [1.29, 1.82) is 0 Å². The Morgan fingerprint density at radius 2 is 2.70 bits per heavy atom. The van der Waals surface area contributed by atoms with Crippen LogP contribution in [0.4, 0.5) is 0 Å². The van der Waals surface area contributed by atoms with Crippen LogP contribution >= 0.6 is 12.2 Å². The third-order valence-electron chi connectivity index (χ3n) is 1.46. The number of carbonyl (C=O) groups is 1. The Hall–Kier alpha value is -0.730. The van der Waals surface area contributed by atoms with Crippen molar-refractivity contribution in [2.24, 2.45) is 4.99 Å². The molecule has 0 radical (unpaired) electrons. The van der Waals surface area contributed by atoms with E-state index in [1.807, 2.05) is 0 Å². The average molecular weight is 156 g/mol. The topological polar surface area (TPSA) is 41.5 Å². The zero-order valence-electron chi connectivity index (χ0n) is 5.46. The van der Waals surface area contributed by atoms with Crippen molar-refractivity contribution < 1.29 is 4.79 Å². The highest BCUT2D eigenvalue weighted by Gasteiger charge is 2.19. The maximum Gasteiger partial charge on any atom is 0.220 e. The number of hydrogen-bond donors (Lipinski definition) is 1. The number of isothiocyanates is 1. The van der Waals surface area contributed by atoms with Crippen LogP contribution in [-0.4, -0.2) is 23.7 Å². The number of nitrogens with zero attached hydrogens (tertiary/aromatic N) is 1. The fourth-order valence-electron chi connectivity index (χ4n) is 0.962. The van der Waals surface area contributed by atoms with Crippen molar-refractivity contribution in [3.8, 4) is 0 Å². The van der Waals surface area contributed by atoms with Crippen LogP contribution in [0.25, 0.3) is 0 Å². The van der Waals surface area contributed by atoms with E-state index < -0.39 is 0 Å². The van der Waals surface area contributed by atoms with Gasteiger partial charge in [-0.15, -0.1) is 0 Å². The van der Waals surface area contributed by atoms with Gasteiger partial charge in [-0.2, -0.15) is 0 Å². The highest BCUT2D eigenvalue weighted by Crippen LogP contribution is 2.05. The van der Waals surface area contributed by atoms with Gasteiger partial charge in [0.2, 0.25) is 5.91 Å². The predicted octanol–water partition coefficient (Wildman–Crippen LogP) is 0.368. The largest absolute Gasteiger partial charge is 0.351 e. The summed E-state index contributed by atoms with van der Waals surface area (Å²) in [5.74, 6) is 0.115. The lowest BCUT2D eigenvalue weighted by Gasteiger charge is -2.02. The van der Waals surface area contributed by atoms with Crippen LogP contribution in [0.2, 0.25) is 0 Å². The highest BCUT2D eigenvalue weighted by molar-refractivity contribution is 7.78. The van der Waals surface area contributed by atoms with Gasteiger partial charge in [0, 0.05) is 12.5 Å². The molecule has 1 fully saturated rings. The average Bonchev–Trinajstić information content (AvgIpc) is 2.31. The summed E-state index contributed by atoms with van der Waals surface area (Å²) in [6.45, 7) is 0.579. The molecule has 4 heteroatoms. The quantitative estimate of drug-likeness (QED) is 0.463. The maximum atomic E-state index is 10.6. The van der Waals surface area contributed by atoms with Crippen molar-refractivity contribution >= 4 is 23.3 Å². The molecule has 3 nitrogen and oxygen atoms in total. The summed E-state index contributed by atoms with van der Waals surface area (Å²) in [5, 5.41) is 5.04. The van der Waals surface area contributed by atoms with Gasteiger partial charge in [-0.3, -0.25) is 4.79 Å². The standard InChI is InChI=1S/C6H8N2OS/c9-6-2-1-5(8-6)3-7-4-10/h5H,1-3H2,(H,8,9).